The van der Waals surface area contributed by atoms with Crippen LogP contribution in [-0.4, -0.2) is 34.2 Å². The minimum atomic E-state index is -4.45. The molecular formula is C14H13F3N4O2. The lowest BCUT2D eigenvalue weighted by molar-refractivity contribution is -0.137. The number of hydrogen-bond donors (Lipinski definition) is 1. The summed E-state index contributed by atoms with van der Waals surface area (Å²) in [5, 5.41) is 6.13. The van der Waals surface area contributed by atoms with Gasteiger partial charge in [-0.15, -0.1) is 0 Å². The molecule has 0 aliphatic carbocycles. The molecule has 0 saturated carbocycles. The molecule has 1 aromatic heterocycles. The van der Waals surface area contributed by atoms with Gasteiger partial charge in [-0.1, -0.05) is 11.2 Å². The molecule has 0 bridgehead atoms. The van der Waals surface area contributed by atoms with Crippen molar-refractivity contribution >= 4 is 11.7 Å². The number of alkyl halides is 3. The number of amides is 2. The number of aromatic nitrogens is 2. The molecule has 122 valence electrons. The molecular weight excluding hydrogens is 313 g/mol. The molecule has 23 heavy (non-hydrogen) atoms. The lowest BCUT2D eigenvalue weighted by atomic mass is 10.0. The molecule has 0 atom stereocenters. The summed E-state index contributed by atoms with van der Waals surface area (Å²) < 4.78 is 42.9. The molecule has 2 amide bonds. The minimum Gasteiger partial charge on any atom is -0.339 e. The fourth-order valence-electron chi connectivity index (χ4n) is 2.26. The van der Waals surface area contributed by atoms with Gasteiger partial charge in [-0.3, -0.25) is 0 Å². The van der Waals surface area contributed by atoms with E-state index < -0.39 is 17.8 Å². The van der Waals surface area contributed by atoms with E-state index in [9.17, 15) is 18.0 Å². The Labute approximate surface area is 129 Å². The average molecular weight is 326 g/mol. The zero-order chi connectivity index (χ0) is 16.6. The van der Waals surface area contributed by atoms with Crippen molar-refractivity contribution in [3.05, 3.63) is 41.5 Å². The summed E-state index contributed by atoms with van der Waals surface area (Å²) >= 11 is 0. The van der Waals surface area contributed by atoms with Crippen LogP contribution in [-0.2, 0) is 6.18 Å². The first kappa shape index (κ1) is 15.3. The van der Waals surface area contributed by atoms with E-state index in [4.69, 9.17) is 4.52 Å². The predicted molar refractivity (Wildman–Crippen MR) is 73.8 cm³/mol. The van der Waals surface area contributed by atoms with Gasteiger partial charge in [-0.25, -0.2) is 4.79 Å². The van der Waals surface area contributed by atoms with Gasteiger partial charge in [0.25, 0.3) is 0 Å². The Morgan fingerprint density at radius 2 is 2.13 bits per heavy atom. The summed E-state index contributed by atoms with van der Waals surface area (Å²) in [5.74, 6) is 0.945. The van der Waals surface area contributed by atoms with Crippen LogP contribution in [0.15, 0.2) is 28.8 Å². The molecule has 2 aromatic rings. The summed E-state index contributed by atoms with van der Waals surface area (Å²) in [6.45, 7) is 2.46. The predicted octanol–water partition coefficient (Wildman–Crippen LogP) is 3.03. The number of halogens is 3. The van der Waals surface area contributed by atoms with E-state index in [2.05, 4.69) is 15.5 Å². The number of nitrogens with zero attached hydrogens (tertiary/aromatic N) is 3. The first-order chi connectivity index (χ1) is 10.8. The van der Waals surface area contributed by atoms with Gasteiger partial charge in [-0.2, -0.15) is 18.2 Å². The van der Waals surface area contributed by atoms with E-state index in [0.717, 1.165) is 12.1 Å². The second kappa shape index (κ2) is 5.56. The summed E-state index contributed by atoms with van der Waals surface area (Å²) in [6.07, 6.45) is -4.45. The number of aryl methyl sites for hydroxylation is 1. The Kier molecular flexibility index (Phi) is 3.70. The van der Waals surface area contributed by atoms with Crippen molar-refractivity contribution < 1.29 is 22.5 Å². The maximum absolute atomic E-state index is 12.6. The highest BCUT2D eigenvalue weighted by Gasteiger charge is 2.36. The maximum Gasteiger partial charge on any atom is 0.416 e. The maximum atomic E-state index is 12.6. The number of nitrogens with one attached hydrogen (secondary N) is 1. The van der Waals surface area contributed by atoms with E-state index in [1.807, 2.05) is 0 Å². The Morgan fingerprint density at radius 1 is 1.39 bits per heavy atom. The van der Waals surface area contributed by atoms with Gasteiger partial charge in [0.05, 0.1) is 11.5 Å². The summed E-state index contributed by atoms with van der Waals surface area (Å²) in [7, 11) is 0. The molecule has 6 nitrogen and oxygen atoms in total. The zero-order valence-corrected chi connectivity index (χ0v) is 12.1. The molecule has 1 aliphatic rings. The van der Waals surface area contributed by atoms with Crippen molar-refractivity contribution in [3.63, 3.8) is 0 Å². The fourth-order valence-corrected chi connectivity index (χ4v) is 2.26. The van der Waals surface area contributed by atoms with Crippen molar-refractivity contribution in [2.24, 2.45) is 0 Å². The second-order valence-corrected chi connectivity index (χ2v) is 5.29. The Hall–Kier alpha value is -2.58. The smallest absolute Gasteiger partial charge is 0.339 e. The second-order valence-electron chi connectivity index (χ2n) is 5.29. The van der Waals surface area contributed by atoms with Crippen molar-refractivity contribution in [2.75, 3.05) is 18.4 Å². The average Bonchev–Trinajstić information content (AvgIpc) is 2.82. The largest absolute Gasteiger partial charge is 0.416 e. The minimum absolute atomic E-state index is 0.0385. The third kappa shape index (κ3) is 3.27. The number of carbonyl (C=O) groups excluding carboxylic acids is 1. The van der Waals surface area contributed by atoms with Crippen LogP contribution in [0.5, 0.6) is 0 Å². The first-order valence-electron chi connectivity index (χ1n) is 6.86. The Bertz CT molecular complexity index is 723. The normalized spacial score (nSPS) is 15.4. The number of likely N-dealkylation sites (tertiary alicyclic amines) is 1. The van der Waals surface area contributed by atoms with Crippen molar-refractivity contribution in [3.8, 4) is 0 Å². The highest BCUT2D eigenvalue weighted by atomic mass is 19.4. The molecule has 1 N–H and O–H groups in total. The van der Waals surface area contributed by atoms with Crippen LogP contribution < -0.4 is 5.32 Å². The third-order valence-electron chi connectivity index (χ3n) is 3.50. The van der Waals surface area contributed by atoms with Gasteiger partial charge >= 0.3 is 12.2 Å². The van der Waals surface area contributed by atoms with Gasteiger partial charge in [0.1, 0.15) is 0 Å². The quantitative estimate of drug-likeness (QED) is 0.921. The van der Waals surface area contributed by atoms with Crippen molar-refractivity contribution in [2.45, 2.75) is 19.0 Å². The molecule has 9 heteroatoms. The topological polar surface area (TPSA) is 71.3 Å². The van der Waals surface area contributed by atoms with E-state index >= 15 is 0 Å². The fraction of sp³-hybridized carbons (Fsp3) is 0.357. The van der Waals surface area contributed by atoms with Crippen LogP contribution in [0.4, 0.5) is 23.7 Å². The number of hydrogen-bond acceptors (Lipinski definition) is 4. The van der Waals surface area contributed by atoms with Gasteiger partial charge in [0.2, 0.25) is 5.89 Å². The number of rotatable bonds is 2. The molecule has 0 unspecified atom stereocenters. The number of carbonyl (C=O) groups is 1. The molecule has 1 aromatic carbocycles. The van der Waals surface area contributed by atoms with E-state index in [0.29, 0.717) is 24.8 Å². The monoisotopic (exact) mass is 326 g/mol. The van der Waals surface area contributed by atoms with Gasteiger partial charge in [0, 0.05) is 18.8 Å². The van der Waals surface area contributed by atoms with Crippen molar-refractivity contribution in [1.29, 1.82) is 0 Å². The highest BCUT2D eigenvalue weighted by molar-refractivity contribution is 5.90. The standard InChI is InChI=1S/C14H13F3N4O2/c1-8-18-12(23-20-8)9-6-21(7-9)13(22)19-11-4-2-3-10(5-11)14(15,16)17/h2-5,9H,6-7H2,1H3,(H,19,22). The van der Waals surface area contributed by atoms with Crippen LogP contribution in [0.2, 0.25) is 0 Å². The van der Waals surface area contributed by atoms with E-state index in [-0.39, 0.29) is 11.6 Å². The molecule has 1 saturated heterocycles. The molecule has 1 aliphatic heterocycles. The number of urea groups is 1. The summed E-state index contributed by atoms with van der Waals surface area (Å²) in [4.78, 5) is 17.6. The molecule has 1 fully saturated rings. The third-order valence-corrected chi connectivity index (χ3v) is 3.50. The number of benzene rings is 1. The van der Waals surface area contributed by atoms with Crippen LogP contribution in [0.3, 0.4) is 0 Å². The van der Waals surface area contributed by atoms with Gasteiger partial charge in [-0.05, 0) is 25.1 Å². The van der Waals surface area contributed by atoms with Crippen LogP contribution >= 0.6 is 0 Å². The Morgan fingerprint density at radius 3 is 2.74 bits per heavy atom. The highest BCUT2D eigenvalue weighted by Crippen LogP contribution is 2.31. The Balaban J connectivity index is 1.59. The van der Waals surface area contributed by atoms with Gasteiger partial charge in [0.15, 0.2) is 5.82 Å². The van der Waals surface area contributed by atoms with E-state index in [1.165, 1.54) is 17.0 Å². The number of anilines is 1. The molecule has 0 spiro atoms. The van der Waals surface area contributed by atoms with E-state index in [1.54, 1.807) is 6.92 Å². The van der Waals surface area contributed by atoms with Crippen LogP contribution in [0, 0.1) is 6.92 Å². The molecule has 2 heterocycles. The lowest BCUT2D eigenvalue weighted by Gasteiger charge is -2.36. The first-order valence-corrected chi connectivity index (χ1v) is 6.86. The zero-order valence-electron chi connectivity index (χ0n) is 12.1. The van der Waals surface area contributed by atoms with Crippen LogP contribution in [0.25, 0.3) is 0 Å². The van der Waals surface area contributed by atoms with Crippen molar-refractivity contribution in [1.82, 2.24) is 15.0 Å². The SMILES string of the molecule is Cc1noc(C2CN(C(=O)Nc3cccc(C(F)(F)F)c3)C2)n1. The summed E-state index contributed by atoms with van der Waals surface area (Å²) in [6, 6.07) is 4.05. The van der Waals surface area contributed by atoms with Crippen LogP contribution in [0.1, 0.15) is 23.2 Å². The lowest BCUT2D eigenvalue weighted by Crippen LogP contribution is -2.50. The van der Waals surface area contributed by atoms with Gasteiger partial charge < -0.3 is 14.7 Å². The molecule has 3 rings (SSSR count). The summed E-state index contributed by atoms with van der Waals surface area (Å²) in [5.41, 5.74) is -0.708. The molecule has 0 radical (unpaired) electrons.